The zero-order valence-corrected chi connectivity index (χ0v) is 20.0. The van der Waals surface area contributed by atoms with Crippen molar-refractivity contribution in [3.05, 3.63) is 0 Å². The highest BCUT2D eigenvalue weighted by Gasteiger charge is 2.23. The lowest BCUT2D eigenvalue weighted by molar-refractivity contribution is 0.212. The van der Waals surface area contributed by atoms with Gasteiger partial charge in [0, 0.05) is 39.3 Å². The van der Waals surface area contributed by atoms with Crippen molar-refractivity contribution < 1.29 is 9.59 Å². The van der Waals surface area contributed by atoms with Gasteiger partial charge in [-0.2, -0.15) is 0 Å². The number of likely N-dealkylation sites (tertiary alicyclic amines) is 2. The van der Waals surface area contributed by atoms with Crippen LogP contribution in [0, 0.1) is 11.8 Å². The molecule has 1 saturated carbocycles. The molecular formula is C24H46N6O2. The van der Waals surface area contributed by atoms with Crippen LogP contribution in [0.5, 0.6) is 0 Å². The van der Waals surface area contributed by atoms with E-state index in [0.29, 0.717) is 11.8 Å². The Hall–Kier alpha value is -1.54. The van der Waals surface area contributed by atoms with Gasteiger partial charge in [-0.1, -0.05) is 19.3 Å². The van der Waals surface area contributed by atoms with E-state index in [4.69, 9.17) is 0 Å². The van der Waals surface area contributed by atoms with Gasteiger partial charge in [0.25, 0.3) is 0 Å². The van der Waals surface area contributed by atoms with Crippen molar-refractivity contribution >= 4 is 12.1 Å². The number of piperidine rings is 2. The van der Waals surface area contributed by atoms with Gasteiger partial charge in [-0.3, -0.25) is 0 Å². The summed E-state index contributed by atoms with van der Waals surface area (Å²) in [6, 6.07) is -0.0920. The summed E-state index contributed by atoms with van der Waals surface area (Å²) in [6.07, 6.45) is 12.4. The van der Waals surface area contributed by atoms with E-state index in [9.17, 15) is 9.59 Å². The van der Waals surface area contributed by atoms with Crippen LogP contribution in [0.3, 0.4) is 0 Å². The van der Waals surface area contributed by atoms with Gasteiger partial charge < -0.3 is 31.1 Å². The zero-order valence-electron chi connectivity index (χ0n) is 20.0. The predicted octanol–water partition coefficient (Wildman–Crippen LogP) is 2.36. The van der Waals surface area contributed by atoms with Crippen LogP contribution < -0.4 is 21.3 Å². The second kappa shape index (κ2) is 14.6. The molecule has 0 radical (unpaired) electrons. The van der Waals surface area contributed by atoms with Crippen LogP contribution in [-0.4, -0.2) is 87.3 Å². The number of nitrogens with one attached hydrogen (secondary N) is 4. The van der Waals surface area contributed by atoms with Gasteiger partial charge >= 0.3 is 12.1 Å². The highest BCUT2D eigenvalue weighted by atomic mass is 16.2. The Morgan fingerprint density at radius 1 is 0.594 bits per heavy atom. The van der Waals surface area contributed by atoms with E-state index in [2.05, 4.69) is 31.1 Å². The van der Waals surface area contributed by atoms with E-state index >= 15 is 0 Å². The summed E-state index contributed by atoms with van der Waals surface area (Å²) >= 11 is 0. The molecule has 8 heteroatoms. The molecule has 0 aromatic rings. The maximum absolute atomic E-state index is 12.1. The molecule has 2 atom stereocenters. The molecule has 0 spiro atoms. The predicted molar refractivity (Wildman–Crippen MR) is 129 cm³/mol. The van der Waals surface area contributed by atoms with Gasteiger partial charge in [0.05, 0.1) is 0 Å². The van der Waals surface area contributed by atoms with Crippen LogP contribution >= 0.6 is 0 Å². The lowest BCUT2D eigenvalue weighted by Gasteiger charge is -2.30. The van der Waals surface area contributed by atoms with Crippen molar-refractivity contribution in [3.63, 3.8) is 0 Å². The maximum atomic E-state index is 12.1. The Balaban J connectivity index is 1.20. The summed E-state index contributed by atoms with van der Waals surface area (Å²) in [5, 5.41) is 12.1. The van der Waals surface area contributed by atoms with Crippen LogP contribution in [0.2, 0.25) is 0 Å². The maximum Gasteiger partial charge on any atom is 0.314 e. The largest absolute Gasteiger partial charge is 0.338 e. The van der Waals surface area contributed by atoms with Crippen LogP contribution in [0.25, 0.3) is 0 Å². The van der Waals surface area contributed by atoms with E-state index in [1.54, 1.807) is 0 Å². The Kier molecular flexibility index (Phi) is 11.4. The first kappa shape index (κ1) is 25.1. The van der Waals surface area contributed by atoms with Crippen molar-refractivity contribution in [1.29, 1.82) is 0 Å². The third-order valence-electron chi connectivity index (χ3n) is 7.32. The molecule has 3 aliphatic rings. The molecule has 3 fully saturated rings. The average molecular weight is 451 g/mol. The molecule has 4 amide bonds. The first-order valence-electron chi connectivity index (χ1n) is 13.2. The fourth-order valence-corrected chi connectivity index (χ4v) is 5.39. The van der Waals surface area contributed by atoms with Crippen LogP contribution in [0.1, 0.15) is 64.2 Å². The molecule has 2 aliphatic heterocycles. The molecule has 0 bridgehead atoms. The summed E-state index contributed by atoms with van der Waals surface area (Å²) in [5.41, 5.74) is 0. The van der Waals surface area contributed by atoms with Gasteiger partial charge in [-0.15, -0.1) is 0 Å². The number of carbonyl (C=O) groups excluding carboxylic acids is 2. The zero-order chi connectivity index (χ0) is 22.4. The molecule has 1 aliphatic carbocycles. The quantitative estimate of drug-likeness (QED) is 0.411. The highest BCUT2D eigenvalue weighted by Crippen LogP contribution is 2.28. The number of hydrogen-bond acceptors (Lipinski definition) is 4. The minimum absolute atomic E-state index is 0.0460. The molecule has 184 valence electrons. The summed E-state index contributed by atoms with van der Waals surface area (Å²) in [6.45, 7) is 9.45. The molecule has 2 unspecified atom stereocenters. The number of rotatable bonds is 10. The average Bonchev–Trinajstić information content (AvgIpc) is 2.83. The molecule has 8 nitrogen and oxygen atoms in total. The Morgan fingerprint density at radius 3 is 1.47 bits per heavy atom. The molecule has 32 heavy (non-hydrogen) atoms. The van der Waals surface area contributed by atoms with Gasteiger partial charge in [-0.05, 0) is 83.0 Å². The fourth-order valence-electron chi connectivity index (χ4n) is 5.39. The monoisotopic (exact) mass is 450 g/mol. The smallest absolute Gasteiger partial charge is 0.314 e. The van der Waals surface area contributed by atoms with E-state index in [1.165, 1.54) is 44.9 Å². The molecule has 2 saturated heterocycles. The third-order valence-corrected chi connectivity index (χ3v) is 7.32. The van der Waals surface area contributed by atoms with E-state index in [-0.39, 0.29) is 12.1 Å². The first-order chi connectivity index (χ1) is 15.7. The van der Waals surface area contributed by atoms with E-state index in [1.807, 2.05) is 0 Å². The lowest BCUT2D eigenvalue weighted by Crippen LogP contribution is -2.44. The van der Waals surface area contributed by atoms with Crippen LogP contribution in [-0.2, 0) is 0 Å². The summed E-state index contributed by atoms with van der Waals surface area (Å²) in [4.78, 5) is 29.1. The van der Waals surface area contributed by atoms with Crippen molar-refractivity contribution in [3.8, 4) is 0 Å². The van der Waals surface area contributed by atoms with Gasteiger partial charge in [0.15, 0.2) is 0 Å². The molecule has 4 N–H and O–H groups in total. The second-order valence-electron chi connectivity index (χ2n) is 9.98. The number of urea groups is 2. The Bertz CT molecular complexity index is 503. The van der Waals surface area contributed by atoms with Gasteiger partial charge in [0.2, 0.25) is 0 Å². The number of carbonyl (C=O) groups is 2. The van der Waals surface area contributed by atoms with Gasteiger partial charge in [0.1, 0.15) is 0 Å². The summed E-state index contributed by atoms with van der Waals surface area (Å²) < 4.78 is 0. The number of hydrogen-bond donors (Lipinski definition) is 4. The van der Waals surface area contributed by atoms with Crippen LogP contribution in [0.15, 0.2) is 0 Å². The number of nitrogens with zero attached hydrogens (tertiary/aromatic N) is 2. The number of amides is 4. The SMILES string of the molecule is O=C(NCCN1CCCCC1)NCC1CCCC(CNC(=O)NCCN2CCCCC2)C1. The molecular weight excluding hydrogens is 404 g/mol. The Labute approximate surface area is 194 Å². The fraction of sp³-hybridized carbons (Fsp3) is 0.917. The van der Waals surface area contributed by atoms with Gasteiger partial charge in [-0.25, -0.2) is 9.59 Å². The topological polar surface area (TPSA) is 88.7 Å². The summed E-state index contributed by atoms with van der Waals surface area (Å²) in [5.74, 6) is 1.01. The van der Waals surface area contributed by atoms with Crippen molar-refractivity contribution in [2.24, 2.45) is 11.8 Å². The minimum Gasteiger partial charge on any atom is -0.338 e. The molecule has 0 aromatic heterocycles. The van der Waals surface area contributed by atoms with Crippen molar-refractivity contribution in [2.75, 3.05) is 65.4 Å². The standard InChI is InChI=1S/C24H46N6O2/c31-23(25-10-16-29-12-3-1-4-13-29)27-19-21-8-7-9-22(18-21)20-28-24(32)26-11-17-30-14-5-2-6-15-30/h21-22H,1-20H2,(H2,25,27,31)(H2,26,28,32). The van der Waals surface area contributed by atoms with Crippen molar-refractivity contribution in [2.45, 2.75) is 64.2 Å². The first-order valence-corrected chi connectivity index (χ1v) is 13.2. The van der Waals surface area contributed by atoms with E-state index < -0.39 is 0 Å². The van der Waals surface area contributed by atoms with E-state index in [0.717, 1.165) is 84.7 Å². The minimum atomic E-state index is -0.0460. The lowest BCUT2D eigenvalue weighted by atomic mass is 9.81. The Morgan fingerprint density at radius 2 is 1.03 bits per heavy atom. The molecule has 2 heterocycles. The normalized spacial score (nSPS) is 25.1. The van der Waals surface area contributed by atoms with Crippen molar-refractivity contribution in [1.82, 2.24) is 31.1 Å². The third kappa shape index (κ3) is 9.94. The molecule has 3 rings (SSSR count). The second-order valence-corrected chi connectivity index (χ2v) is 9.98. The highest BCUT2D eigenvalue weighted by molar-refractivity contribution is 5.74. The molecule has 0 aromatic carbocycles. The summed E-state index contributed by atoms with van der Waals surface area (Å²) in [7, 11) is 0. The van der Waals surface area contributed by atoms with Crippen LogP contribution in [0.4, 0.5) is 9.59 Å².